The van der Waals surface area contributed by atoms with Crippen LogP contribution in [0.2, 0.25) is 0 Å². The number of aryl methyl sites for hydroxylation is 2. The molecule has 1 N–H and O–H groups in total. The second-order valence-corrected chi connectivity index (χ2v) is 5.86. The van der Waals surface area contributed by atoms with Crippen LogP contribution < -0.4 is 5.32 Å². The zero-order chi connectivity index (χ0) is 14.6. The maximum Gasteiger partial charge on any atom is 0.128 e. The van der Waals surface area contributed by atoms with E-state index >= 15 is 0 Å². The SMILES string of the molecule is CCCNc1c(CN(C)C(C)C(C)C)c(C)nn1C. The first-order valence-corrected chi connectivity index (χ1v) is 7.35. The molecule has 4 nitrogen and oxygen atoms in total. The van der Waals surface area contributed by atoms with Gasteiger partial charge in [-0.2, -0.15) is 5.10 Å². The predicted octanol–water partition coefficient (Wildman–Crippen LogP) is 3.03. The highest BCUT2D eigenvalue weighted by Crippen LogP contribution is 2.22. The zero-order valence-corrected chi connectivity index (χ0v) is 13.6. The van der Waals surface area contributed by atoms with E-state index in [4.69, 9.17) is 0 Å². The summed E-state index contributed by atoms with van der Waals surface area (Å²) in [4.78, 5) is 2.41. The lowest BCUT2D eigenvalue weighted by Crippen LogP contribution is -2.33. The highest BCUT2D eigenvalue weighted by atomic mass is 15.3. The second kappa shape index (κ2) is 6.94. The van der Waals surface area contributed by atoms with Crippen molar-refractivity contribution in [2.75, 3.05) is 18.9 Å². The third-order valence-corrected chi connectivity index (χ3v) is 3.96. The van der Waals surface area contributed by atoms with E-state index in [2.05, 4.69) is 57.0 Å². The molecule has 4 heteroatoms. The Morgan fingerprint density at radius 2 is 1.95 bits per heavy atom. The highest BCUT2D eigenvalue weighted by molar-refractivity contribution is 5.47. The van der Waals surface area contributed by atoms with Crippen molar-refractivity contribution in [1.29, 1.82) is 0 Å². The van der Waals surface area contributed by atoms with Gasteiger partial charge in [0.25, 0.3) is 0 Å². The molecule has 0 fully saturated rings. The van der Waals surface area contributed by atoms with E-state index in [-0.39, 0.29) is 0 Å². The largest absolute Gasteiger partial charge is 0.370 e. The Balaban J connectivity index is 2.87. The molecule has 0 saturated carbocycles. The standard InChI is InChI=1S/C15H30N4/c1-8-9-16-15-14(12(4)17-19(15)7)10-18(6)13(5)11(2)3/h11,13,16H,8-10H2,1-7H3. The molecule has 0 radical (unpaired) electrons. The Bertz CT molecular complexity index is 395. The number of nitrogens with one attached hydrogen (secondary N) is 1. The zero-order valence-electron chi connectivity index (χ0n) is 13.6. The minimum Gasteiger partial charge on any atom is -0.370 e. The summed E-state index contributed by atoms with van der Waals surface area (Å²) in [5, 5.41) is 8.05. The fourth-order valence-electron chi connectivity index (χ4n) is 2.26. The van der Waals surface area contributed by atoms with Crippen molar-refractivity contribution in [3.8, 4) is 0 Å². The average molecular weight is 266 g/mol. The molecule has 0 aliphatic carbocycles. The summed E-state index contributed by atoms with van der Waals surface area (Å²) >= 11 is 0. The first-order valence-electron chi connectivity index (χ1n) is 7.35. The first-order chi connectivity index (χ1) is 8.88. The molecule has 110 valence electrons. The summed E-state index contributed by atoms with van der Waals surface area (Å²) in [5.74, 6) is 1.83. The van der Waals surface area contributed by atoms with E-state index in [0.29, 0.717) is 12.0 Å². The Hall–Kier alpha value is -1.03. The van der Waals surface area contributed by atoms with Crippen LogP contribution in [0.3, 0.4) is 0 Å². The molecule has 0 aliphatic heterocycles. The van der Waals surface area contributed by atoms with E-state index in [1.807, 2.05) is 11.7 Å². The van der Waals surface area contributed by atoms with Gasteiger partial charge in [0.15, 0.2) is 0 Å². The molecule has 1 atom stereocenters. The number of hydrogen-bond donors (Lipinski definition) is 1. The van der Waals surface area contributed by atoms with Crippen molar-refractivity contribution in [2.24, 2.45) is 13.0 Å². The number of aromatic nitrogens is 2. The molecule has 0 saturated heterocycles. The van der Waals surface area contributed by atoms with Gasteiger partial charge in [0.2, 0.25) is 0 Å². The molecule has 1 aromatic rings. The van der Waals surface area contributed by atoms with E-state index in [1.165, 1.54) is 11.4 Å². The van der Waals surface area contributed by atoms with Crippen LogP contribution in [0.4, 0.5) is 5.82 Å². The van der Waals surface area contributed by atoms with Gasteiger partial charge in [-0.25, -0.2) is 0 Å². The molecule has 1 rings (SSSR count). The molecule has 0 bridgehead atoms. The minimum absolute atomic E-state index is 0.568. The molecule has 19 heavy (non-hydrogen) atoms. The van der Waals surface area contributed by atoms with Crippen LogP contribution in [0.15, 0.2) is 0 Å². The number of rotatable bonds is 7. The van der Waals surface area contributed by atoms with Crippen molar-refractivity contribution in [1.82, 2.24) is 14.7 Å². The van der Waals surface area contributed by atoms with E-state index in [1.54, 1.807) is 0 Å². The minimum atomic E-state index is 0.568. The third kappa shape index (κ3) is 3.96. The average Bonchev–Trinajstić information content (AvgIpc) is 2.60. The fraction of sp³-hybridized carbons (Fsp3) is 0.800. The van der Waals surface area contributed by atoms with Gasteiger partial charge in [-0.3, -0.25) is 9.58 Å². The summed E-state index contributed by atoms with van der Waals surface area (Å²) in [6.07, 6.45) is 1.13. The lowest BCUT2D eigenvalue weighted by Gasteiger charge is -2.28. The normalized spacial score (nSPS) is 13.3. The van der Waals surface area contributed by atoms with Crippen LogP contribution >= 0.6 is 0 Å². The topological polar surface area (TPSA) is 33.1 Å². The lowest BCUT2D eigenvalue weighted by molar-refractivity contribution is 0.200. The van der Waals surface area contributed by atoms with Crippen LogP contribution in [-0.2, 0) is 13.6 Å². The van der Waals surface area contributed by atoms with Crippen molar-refractivity contribution >= 4 is 5.82 Å². The van der Waals surface area contributed by atoms with Gasteiger partial charge in [0.05, 0.1) is 5.69 Å². The molecule has 0 amide bonds. The predicted molar refractivity (Wildman–Crippen MR) is 82.5 cm³/mol. The summed E-state index contributed by atoms with van der Waals surface area (Å²) in [6.45, 7) is 13.1. The molecule has 0 aliphatic rings. The van der Waals surface area contributed by atoms with Crippen LogP contribution in [0.1, 0.15) is 45.4 Å². The lowest BCUT2D eigenvalue weighted by atomic mass is 10.0. The van der Waals surface area contributed by atoms with E-state index in [9.17, 15) is 0 Å². The van der Waals surface area contributed by atoms with Gasteiger partial charge >= 0.3 is 0 Å². The molecule has 0 aromatic carbocycles. The molecule has 1 unspecified atom stereocenters. The Labute approximate surface area is 118 Å². The highest BCUT2D eigenvalue weighted by Gasteiger charge is 2.18. The smallest absolute Gasteiger partial charge is 0.128 e. The Kier molecular flexibility index (Phi) is 5.85. The van der Waals surface area contributed by atoms with Crippen molar-refractivity contribution < 1.29 is 0 Å². The van der Waals surface area contributed by atoms with Crippen molar-refractivity contribution in [3.63, 3.8) is 0 Å². The van der Waals surface area contributed by atoms with Crippen molar-refractivity contribution in [2.45, 2.75) is 53.6 Å². The summed E-state index contributed by atoms with van der Waals surface area (Å²) < 4.78 is 1.97. The molecular formula is C15H30N4. The van der Waals surface area contributed by atoms with Gasteiger partial charge in [-0.1, -0.05) is 20.8 Å². The quantitative estimate of drug-likeness (QED) is 0.823. The van der Waals surface area contributed by atoms with Gasteiger partial charge < -0.3 is 5.32 Å². The Morgan fingerprint density at radius 1 is 1.32 bits per heavy atom. The van der Waals surface area contributed by atoms with Gasteiger partial charge in [0, 0.05) is 31.7 Å². The van der Waals surface area contributed by atoms with Crippen LogP contribution in [0, 0.1) is 12.8 Å². The molecule has 1 aromatic heterocycles. The van der Waals surface area contributed by atoms with Gasteiger partial charge in [0.1, 0.15) is 5.82 Å². The maximum atomic E-state index is 4.55. The van der Waals surface area contributed by atoms with Crippen molar-refractivity contribution in [3.05, 3.63) is 11.3 Å². The third-order valence-electron chi connectivity index (χ3n) is 3.96. The van der Waals surface area contributed by atoms with Crippen LogP contribution in [0.5, 0.6) is 0 Å². The van der Waals surface area contributed by atoms with Gasteiger partial charge in [-0.15, -0.1) is 0 Å². The first kappa shape index (κ1) is 16.0. The molecule has 0 spiro atoms. The number of nitrogens with zero attached hydrogens (tertiary/aromatic N) is 3. The number of anilines is 1. The monoisotopic (exact) mass is 266 g/mol. The van der Waals surface area contributed by atoms with Crippen LogP contribution in [-0.4, -0.2) is 34.3 Å². The van der Waals surface area contributed by atoms with E-state index in [0.717, 1.165) is 25.2 Å². The van der Waals surface area contributed by atoms with Crippen LogP contribution in [0.25, 0.3) is 0 Å². The summed E-state index contributed by atoms with van der Waals surface area (Å²) in [7, 11) is 4.21. The maximum absolute atomic E-state index is 4.55. The second-order valence-electron chi connectivity index (χ2n) is 5.86. The molecular weight excluding hydrogens is 236 g/mol. The number of hydrogen-bond acceptors (Lipinski definition) is 3. The summed E-state index contributed by atoms with van der Waals surface area (Å²) in [6, 6.07) is 0.568. The van der Waals surface area contributed by atoms with Gasteiger partial charge in [-0.05, 0) is 33.2 Å². The Morgan fingerprint density at radius 3 is 2.47 bits per heavy atom. The van der Waals surface area contributed by atoms with E-state index < -0.39 is 0 Å². The summed E-state index contributed by atoms with van der Waals surface area (Å²) in [5.41, 5.74) is 2.45. The fourth-order valence-corrected chi connectivity index (χ4v) is 2.26. The molecule has 1 heterocycles.